The van der Waals surface area contributed by atoms with E-state index in [4.69, 9.17) is 0 Å². The van der Waals surface area contributed by atoms with E-state index in [1.54, 1.807) is 0 Å². The summed E-state index contributed by atoms with van der Waals surface area (Å²) in [6.07, 6.45) is 4.54. The van der Waals surface area contributed by atoms with Gasteiger partial charge in [-0.15, -0.1) is 0 Å². The molecule has 1 aliphatic carbocycles. The zero-order chi connectivity index (χ0) is 18.4. The molecule has 1 amide bonds. The van der Waals surface area contributed by atoms with Crippen LogP contribution in [0.2, 0.25) is 0 Å². The summed E-state index contributed by atoms with van der Waals surface area (Å²) in [7, 11) is 0. The molecule has 136 valence electrons. The van der Waals surface area contributed by atoms with Crippen molar-refractivity contribution in [1.82, 2.24) is 15.1 Å². The Hall–Kier alpha value is -2.40. The number of fused-ring (bicyclic) bond motifs is 1. The van der Waals surface area contributed by atoms with Crippen LogP contribution >= 0.6 is 15.9 Å². The summed E-state index contributed by atoms with van der Waals surface area (Å²) in [5.74, 6) is 0.0801. The fraction of sp³-hybridized carbons (Fsp3) is 0.273. The lowest BCUT2D eigenvalue weighted by Gasteiger charge is -2.32. The molecule has 5 rings (SSSR count). The second kappa shape index (κ2) is 6.64. The van der Waals surface area contributed by atoms with Crippen LogP contribution in [-0.4, -0.2) is 27.0 Å². The molecule has 27 heavy (non-hydrogen) atoms. The highest BCUT2D eigenvalue weighted by Crippen LogP contribution is 2.46. The number of aromatic nitrogens is 2. The van der Waals surface area contributed by atoms with E-state index in [-0.39, 0.29) is 11.9 Å². The SMILES string of the molecule is O=C1c2[nH]nc(-c3ccccc3)c2C(c2cccc(Br)c2)N1C1CCCC1. The van der Waals surface area contributed by atoms with Gasteiger partial charge in [-0.1, -0.05) is 71.2 Å². The fourth-order valence-electron chi connectivity index (χ4n) is 4.54. The molecule has 0 saturated heterocycles. The van der Waals surface area contributed by atoms with Crippen LogP contribution in [0.15, 0.2) is 59.1 Å². The van der Waals surface area contributed by atoms with Gasteiger partial charge >= 0.3 is 0 Å². The summed E-state index contributed by atoms with van der Waals surface area (Å²) in [5, 5.41) is 7.58. The van der Waals surface area contributed by atoms with Crippen molar-refractivity contribution in [2.75, 3.05) is 0 Å². The maximum atomic E-state index is 13.3. The van der Waals surface area contributed by atoms with Gasteiger partial charge in [-0.25, -0.2) is 0 Å². The smallest absolute Gasteiger partial charge is 0.273 e. The van der Waals surface area contributed by atoms with E-state index in [1.807, 2.05) is 30.3 Å². The van der Waals surface area contributed by atoms with Crippen molar-refractivity contribution in [3.63, 3.8) is 0 Å². The van der Waals surface area contributed by atoms with E-state index in [0.29, 0.717) is 11.7 Å². The molecule has 1 atom stereocenters. The molecule has 1 aliphatic heterocycles. The van der Waals surface area contributed by atoms with Gasteiger partial charge in [0.15, 0.2) is 0 Å². The minimum Gasteiger partial charge on any atom is -0.323 e. The van der Waals surface area contributed by atoms with Crippen LogP contribution in [0.5, 0.6) is 0 Å². The first-order valence-electron chi connectivity index (χ1n) is 9.46. The number of carbonyl (C=O) groups is 1. The van der Waals surface area contributed by atoms with Crippen molar-refractivity contribution < 1.29 is 4.79 Å². The molecule has 1 aromatic heterocycles. The summed E-state index contributed by atoms with van der Waals surface area (Å²) in [4.78, 5) is 15.4. The van der Waals surface area contributed by atoms with Crippen LogP contribution in [0.1, 0.15) is 53.3 Å². The minimum absolute atomic E-state index is 0.0801. The van der Waals surface area contributed by atoms with Crippen LogP contribution in [0.25, 0.3) is 11.3 Å². The normalized spacial score (nSPS) is 19.7. The standard InChI is InChI=1S/C22H20BrN3O/c23-16-10-6-9-15(13-16)21-18-19(14-7-2-1-3-8-14)24-25-20(18)22(27)26(21)17-11-4-5-12-17/h1-3,6-10,13,17,21H,4-5,11-12H2,(H,24,25). The van der Waals surface area contributed by atoms with Crippen LogP contribution in [-0.2, 0) is 0 Å². The van der Waals surface area contributed by atoms with Crippen molar-refractivity contribution in [1.29, 1.82) is 0 Å². The van der Waals surface area contributed by atoms with Gasteiger partial charge in [-0.05, 0) is 30.5 Å². The Kier molecular flexibility index (Phi) is 4.12. The van der Waals surface area contributed by atoms with E-state index in [0.717, 1.165) is 39.7 Å². The minimum atomic E-state index is -0.0953. The second-order valence-electron chi connectivity index (χ2n) is 7.34. The molecule has 2 heterocycles. The monoisotopic (exact) mass is 421 g/mol. The van der Waals surface area contributed by atoms with Crippen LogP contribution in [0.3, 0.4) is 0 Å². The van der Waals surface area contributed by atoms with E-state index >= 15 is 0 Å². The number of H-pyrrole nitrogens is 1. The predicted molar refractivity (Wildman–Crippen MR) is 108 cm³/mol. The fourth-order valence-corrected chi connectivity index (χ4v) is 4.96. The number of nitrogens with zero attached hydrogens (tertiary/aromatic N) is 2. The lowest BCUT2D eigenvalue weighted by Crippen LogP contribution is -2.37. The van der Waals surface area contributed by atoms with Gasteiger partial charge in [0.1, 0.15) is 5.69 Å². The van der Waals surface area contributed by atoms with Crippen LogP contribution in [0.4, 0.5) is 0 Å². The molecule has 5 heteroatoms. The molecule has 0 bridgehead atoms. The molecule has 0 spiro atoms. The first-order chi connectivity index (χ1) is 13.2. The first-order valence-corrected chi connectivity index (χ1v) is 10.2. The molecule has 0 radical (unpaired) electrons. The third-order valence-corrected chi connectivity index (χ3v) is 6.23. The highest BCUT2D eigenvalue weighted by atomic mass is 79.9. The number of hydrogen-bond donors (Lipinski definition) is 1. The number of halogens is 1. The third-order valence-electron chi connectivity index (χ3n) is 5.73. The Balaban J connectivity index is 1.70. The number of carbonyl (C=O) groups excluding carboxylic acids is 1. The first kappa shape index (κ1) is 16.8. The molecular weight excluding hydrogens is 402 g/mol. The van der Waals surface area contributed by atoms with E-state index in [9.17, 15) is 4.79 Å². The molecule has 2 aromatic carbocycles. The zero-order valence-corrected chi connectivity index (χ0v) is 16.4. The molecule has 1 N–H and O–H groups in total. The summed E-state index contributed by atoms with van der Waals surface area (Å²) in [6.45, 7) is 0. The van der Waals surface area contributed by atoms with Crippen molar-refractivity contribution >= 4 is 21.8 Å². The van der Waals surface area contributed by atoms with Gasteiger partial charge < -0.3 is 4.90 Å². The van der Waals surface area contributed by atoms with Crippen molar-refractivity contribution in [3.05, 3.63) is 75.9 Å². The predicted octanol–water partition coefficient (Wildman–Crippen LogP) is 5.33. The molecule has 1 fully saturated rings. The number of rotatable bonds is 3. The molecule has 4 nitrogen and oxygen atoms in total. The summed E-state index contributed by atoms with van der Waals surface area (Å²) >= 11 is 3.60. The van der Waals surface area contributed by atoms with Crippen molar-refractivity contribution in [3.8, 4) is 11.3 Å². The van der Waals surface area contributed by atoms with Gasteiger partial charge in [-0.3, -0.25) is 9.89 Å². The zero-order valence-electron chi connectivity index (χ0n) is 14.9. The number of amides is 1. The molecule has 1 saturated carbocycles. The Bertz CT molecular complexity index is 992. The van der Waals surface area contributed by atoms with Crippen molar-refractivity contribution in [2.45, 2.75) is 37.8 Å². The Morgan fingerprint density at radius 1 is 1.04 bits per heavy atom. The molecular formula is C22H20BrN3O. The lowest BCUT2D eigenvalue weighted by molar-refractivity contribution is 0.0660. The largest absolute Gasteiger partial charge is 0.323 e. The van der Waals surface area contributed by atoms with Crippen LogP contribution < -0.4 is 0 Å². The number of benzene rings is 2. The molecule has 2 aliphatic rings. The van der Waals surface area contributed by atoms with Crippen molar-refractivity contribution in [2.24, 2.45) is 0 Å². The van der Waals surface area contributed by atoms with E-state index < -0.39 is 0 Å². The van der Waals surface area contributed by atoms with Gasteiger partial charge in [0.05, 0.1) is 11.7 Å². The van der Waals surface area contributed by atoms with Gasteiger partial charge in [0.2, 0.25) is 0 Å². The summed E-state index contributed by atoms with van der Waals surface area (Å²) in [6, 6.07) is 18.6. The van der Waals surface area contributed by atoms with Gasteiger partial charge in [0.25, 0.3) is 5.91 Å². The van der Waals surface area contributed by atoms with Gasteiger partial charge in [-0.2, -0.15) is 5.10 Å². The van der Waals surface area contributed by atoms with Gasteiger partial charge in [0, 0.05) is 21.6 Å². The van der Waals surface area contributed by atoms with E-state index in [2.05, 4.69) is 55.3 Å². The molecule has 1 unspecified atom stereocenters. The maximum Gasteiger partial charge on any atom is 0.273 e. The Morgan fingerprint density at radius 3 is 2.56 bits per heavy atom. The Labute approximate surface area is 166 Å². The summed E-state index contributed by atoms with van der Waals surface area (Å²) < 4.78 is 1.03. The Morgan fingerprint density at radius 2 is 1.81 bits per heavy atom. The average molecular weight is 422 g/mol. The summed E-state index contributed by atoms with van der Waals surface area (Å²) in [5.41, 5.74) is 4.70. The second-order valence-corrected chi connectivity index (χ2v) is 8.25. The number of aromatic amines is 1. The highest BCUT2D eigenvalue weighted by Gasteiger charge is 2.45. The third kappa shape index (κ3) is 2.72. The lowest BCUT2D eigenvalue weighted by atomic mass is 9.95. The van der Waals surface area contributed by atoms with Crippen LogP contribution in [0, 0.1) is 0 Å². The quantitative estimate of drug-likeness (QED) is 0.621. The average Bonchev–Trinajstić information content (AvgIpc) is 3.40. The highest BCUT2D eigenvalue weighted by molar-refractivity contribution is 9.10. The topological polar surface area (TPSA) is 49.0 Å². The number of hydrogen-bond acceptors (Lipinski definition) is 2. The van der Waals surface area contributed by atoms with E-state index in [1.165, 1.54) is 12.8 Å². The maximum absolute atomic E-state index is 13.3. The molecule has 3 aromatic rings. The number of nitrogens with one attached hydrogen (secondary N) is 1.